The normalized spacial score (nSPS) is 12.9. The van der Waals surface area contributed by atoms with Gasteiger partial charge in [-0.25, -0.2) is 9.97 Å². The third-order valence-electron chi connectivity index (χ3n) is 3.85. The summed E-state index contributed by atoms with van der Waals surface area (Å²) in [5.74, 6) is 0.579. The van der Waals surface area contributed by atoms with Gasteiger partial charge in [-0.05, 0) is 31.5 Å². The van der Waals surface area contributed by atoms with E-state index in [0.29, 0.717) is 24.5 Å². The molecule has 7 nitrogen and oxygen atoms in total. The maximum absolute atomic E-state index is 12.3. The maximum Gasteiger partial charge on any atom is 0.422 e. The molecule has 150 valence electrons. The van der Waals surface area contributed by atoms with E-state index in [1.165, 1.54) is 6.20 Å². The molecule has 0 aliphatic carbocycles. The van der Waals surface area contributed by atoms with E-state index in [4.69, 9.17) is 4.74 Å². The fraction of sp³-hybridized carbons (Fsp3) is 0.389. The third-order valence-corrected chi connectivity index (χ3v) is 3.85. The van der Waals surface area contributed by atoms with Gasteiger partial charge in [-0.15, -0.1) is 0 Å². The molecule has 0 saturated heterocycles. The molecule has 0 fully saturated rings. The number of aromatic nitrogens is 4. The number of anilines is 1. The summed E-state index contributed by atoms with van der Waals surface area (Å²) >= 11 is 0. The molecule has 0 aromatic carbocycles. The fourth-order valence-electron chi connectivity index (χ4n) is 2.66. The van der Waals surface area contributed by atoms with Crippen molar-refractivity contribution in [3.8, 4) is 5.88 Å². The van der Waals surface area contributed by atoms with Crippen LogP contribution in [0.15, 0.2) is 30.7 Å². The smallest absolute Gasteiger partial charge is 0.422 e. The molecule has 3 rings (SSSR count). The van der Waals surface area contributed by atoms with Gasteiger partial charge in [0.15, 0.2) is 6.61 Å². The predicted molar refractivity (Wildman–Crippen MR) is 97.3 cm³/mol. The van der Waals surface area contributed by atoms with Crippen molar-refractivity contribution < 1.29 is 23.0 Å². The van der Waals surface area contributed by atoms with E-state index in [0.717, 1.165) is 16.5 Å². The first kappa shape index (κ1) is 19.9. The first-order chi connectivity index (χ1) is 13.2. The molecule has 0 saturated carbocycles. The summed E-state index contributed by atoms with van der Waals surface area (Å²) in [4.78, 5) is 8.25. The minimum absolute atomic E-state index is 0.0412. The van der Waals surface area contributed by atoms with Gasteiger partial charge >= 0.3 is 6.18 Å². The molecule has 0 unspecified atom stereocenters. The van der Waals surface area contributed by atoms with Crippen molar-refractivity contribution in [2.45, 2.75) is 32.7 Å². The minimum atomic E-state index is -4.41. The largest absolute Gasteiger partial charge is 0.468 e. The number of pyridine rings is 2. The molecule has 3 heterocycles. The van der Waals surface area contributed by atoms with Crippen LogP contribution in [0.5, 0.6) is 5.88 Å². The SMILES string of the molecule is Cc1cc(Cn2cc3c(NC[C@@H](C)O)nccc3n2)cnc1OCC(F)(F)F. The van der Waals surface area contributed by atoms with Gasteiger partial charge in [0.05, 0.1) is 23.6 Å². The van der Waals surface area contributed by atoms with Crippen LogP contribution in [-0.4, -0.2) is 50.3 Å². The summed E-state index contributed by atoms with van der Waals surface area (Å²) in [6, 6.07) is 3.49. The minimum Gasteiger partial charge on any atom is -0.468 e. The summed E-state index contributed by atoms with van der Waals surface area (Å²) in [6.07, 6.45) is -0.0105. The Bertz CT molecular complexity index is 956. The zero-order chi connectivity index (χ0) is 20.3. The Kier molecular flexibility index (Phi) is 5.68. The maximum atomic E-state index is 12.3. The van der Waals surface area contributed by atoms with Gasteiger partial charge in [0.2, 0.25) is 5.88 Å². The predicted octanol–water partition coefficient (Wildman–Crippen LogP) is 2.92. The Balaban J connectivity index is 1.75. The number of aliphatic hydroxyl groups is 1. The number of aryl methyl sites for hydroxylation is 1. The van der Waals surface area contributed by atoms with Crippen LogP contribution in [-0.2, 0) is 6.54 Å². The van der Waals surface area contributed by atoms with Crippen LogP contribution >= 0.6 is 0 Å². The summed E-state index contributed by atoms with van der Waals surface area (Å²) in [7, 11) is 0. The fourth-order valence-corrected chi connectivity index (χ4v) is 2.66. The van der Waals surface area contributed by atoms with E-state index < -0.39 is 18.9 Å². The molecule has 0 radical (unpaired) electrons. The number of hydrogen-bond donors (Lipinski definition) is 2. The van der Waals surface area contributed by atoms with Gasteiger partial charge in [0, 0.05) is 30.7 Å². The molecule has 3 aromatic heterocycles. The highest BCUT2D eigenvalue weighted by molar-refractivity contribution is 5.88. The molecular weight excluding hydrogens is 375 g/mol. The van der Waals surface area contributed by atoms with E-state index in [9.17, 15) is 18.3 Å². The van der Waals surface area contributed by atoms with Crippen molar-refractivity contribution in [3.63, 3.8) is 0 Å². The van der Waals surface area contributed by atoms with Crippen molar-refractivity contribution in [2.75, 3.05) is 18.5 Å². The highest BCUT2D eigenvalue weighted by Crippen LogP contribution is 2.22. The lowest BCUT2D eigenvalue weighted by Crippen LogP contribution is -2.20. The van der Waals surface area contributed by atoms with Gasteiger partial charge in [0.1, 0.15) is 5.82 Å². The van der Waals surface area contributed by atoms with Gasteiger partial charge in [-0.1, -0.05) is 0 Å². The molecular formula is C18H20F3N5O2. The van der Waals surface area contributed by atoms with E-state index >= 15 is 0 Å². The highest BCUT2D eigenvalue weighted by Gasteiger charge is 2.29. The van der Waals surface area contributed by atoms with Crippen LogP contribution < -0.4 is 10.1 Å². The number of nitrogens with zero attached hydrogens (tertiary/aromatic N) is 4. The zero-order valence-corrected chi connectivity index (χ0v) is 15.4. The lowest BCUT2D eigenvalue weighted by molar-refractivity contribution is -0.154. The zero-order valence-electron chi connectivity index (χ0n) is 15.4. The molecule has 0 aliphatic heterocycles. The molecule has 0 spiro atoms. The summed E-state index contributed by atoms with van der Waals surface area (Å²) in [5.41, 5.74) is 2.02. The average molecular weight is 395 g/mol. The number of halogens is 3. The second kappa shape index (κ2) is 8.01. The van der Waals surface area contributed by atoms with Gasteiger partial charge in [0.25, 0.3) is 0 Å². The molecule has 1 atom stereocenters. The number of nitrogens with one attached hydrogen (secondary N) is 1. The summed E-state index contributed by atoms with van der Waals surface area (Å²) in [6.45, 7) is 2.69. The monoisotopic (exact) mass is 395 g/mol. The van der Waals surface area contributed by atoms with Crippen molar-refractivity contribution in [2.24, 2.45) is 0 Å². The Morgan fingerprint density at radius 1 is 1.32 bits per heavy atom. The van der Waals surface area contributed by atoms with Crippen LogP contribution in [0.2, 0.25) is 0 Å². The molecule has 0 amide bonds. The van der Waals surface area contributed by atoms with Crippen molar-refractivity contribution in [1.29, 1.82) is 0 Å². The molecule has 28 heavy (non-hydrogen) atoms. The summed E-state index contributed by atoms with van der Waals surface area (Å²) in [5, 5.41) is 17.8. The van der Waals surface area contributed by atoms with Gasteiger partial charge in [-0.2, -0.15) is 18.3 Å². The number of fused-ring (bicyclic) bond motifs is 1. The van der Waals surface area contributed by atoms with Crippen LogP contribution in [0.25, 0.3) is 10.9 Å². The number of aliphatic hydroxyl groups excluding tert-OH is 1. The molecule has 0 bridgehead atoms. The number of rotatable bonds is 7. The molecule has 10 heteroatoms. The Morgan fingerprint density at radius 3 is 2.79 bits per heavy atom. The molecule has 3 aromatic rings. The van der Waals surface area contributed by atoms with Gasteiger partial charge < -0.3 is 15.2 Å². The quantitative estimate of drug-likeness (QED) is 0.640. The second-order valence-electron chi connectivity index (χ2n) is 6.52. The standard InChI is InChI=1S/C18H20F3N5O2/c1-11-5-13(7-24-17(11)28-10-18(19,20)21)8-26-9-14-15(25-26)3-4-22-16(14)23-6-12(2)27/h3-5,7,9,12,27H,6,8,10H2,1-2H3,(H,22,23)/t12-/m1/s1. The van der Waals surface area contributed by atoms with Crippen LogP contribution in [0, 0.1) is 6.92 Å². The number of ether oxygens (including phenoxy) is 1. The van der Waals surface area contributed by atoms with Crippen LogP contribution in [0.3, 0.4) is 0 Å². The van der Waals surface area contributed by atoms with Crippen molar-refractivity contribution in [3.05, 3.63) is 41.9 Å². The van der Waals surface area contributed by atoms with Crippen LogP contribution in [0.4, 0.5) is 19.0 Å². The Hall–Kier alpha value is -2.88. The lowest BCUT2D eigenvalue weighted by atomic mass is 10.2. The number of hydrogen-bond acceptors (Lipinski definition) is 6. The Morgan fingerprint density at radius 2 is 2.11 bits per heavy atom. The highest BCUT2D eigenvalue weighted by atomic mass is 19.4. The van der Waals surface area contributed by atoms with Crippen molar-refractivity contribution in [1.82, 2.24) is 19.7 Å². The first-order valence-corrected chi connectivity index (χ1v) is 8.60. The molecule has 2 N–H and O–H groups in total. The summed E-state index contributed by atoms with van der Waals surface area (Å²) < 4.78 is 43.3. The first-order valence-electron chi connectivity index (χ1n) is 8.60. The third kappa shape index (κ3) is 5.10. The molecule has 0 aliphatic rings. The lowest BCUT2D eigenvalue weighted by Gasteiger charge is -2.11. The van der Waals surface area contributed by atoms with Crippen molar-refractivity contribution >= 4 is 16.7 Å². The van der Waals surface area contributed by atoms with Crippen LogP contribution in [0.1, 0.15) is 18.1 Å². The topological polar surface area (TPSA) is 85.1 Å². The number of alkyl halides is 3. The Labute approximate surface area is 159 Å². The van der Waals surface area contributed by atoms with E-state index in [-0.39, 0.29) is 5.88 Å². The average Bonchev–Trinajstić information content (AvgIpc) is 3.01. The van der Waals surface area contributed by atoms with E-state index in [1.807, 2.05) is 6.20 Å². The van der Waals surface area contributed by atoms with E-state index in [1.54, 1.807) is 36.9 Å². The van der Waals surface area contributed by atoms with E-state index in [2.05, 4.69) is 20.4 Å². The second-order valence-corrected chi connectivity index (χ2v) is 6.52. The van der Waals surface area contributed by atoms with Gasteiger partial charge in [-0.3, -0.25) is 4.68 Å².